The normalized spacial score (nSPS) is 17.3. The number of carbonyl (C=O) groups excluding carboxylic acids is 1. The second-order valence-electron chi connectivity index (χ2n) is 6.66. The molecule has 0 radical (unpaired) electrons. The molecular weight excluding hydrogens is 304 g/mol. The standard InChI is InChI=1S/C19H22N2O3/c1-12-14(7-4-8-16(12)23-2)19(22)21-10-9-17-15(11-21)20-18(24-17)13-5-3-6-13/h4,7-8,13H,3,5-6,9-11H2,1-2H3. The molecule has 24 heavy (non-hydrogen) atoms. The van der Waals surface area contributed by atoms with E-state index in [0.717, 1.165) is 35.1 Å². The van der Waals surface area contributed by atoms with E-state index in [4.69, 9.17) is 9.15 Å². The number of oxazole rings is 1. The van der Waals surface area contributed by atoms with E-state index in [1.54, 1.807) is 7.11 Å². The van der Waals surface area contributed by atoms with Gasteiger partial charge in [-0.05, 0) is 31.9 Å². The third-order valence-electron chi connectivity index (χ3n) is 5.22. The number of rotatable bonds is 3. The highest BCUT2D eigenvalue weighted by molar-refractivity contribution is 5.96. The lowest BCUT2D eigenvalue weighted by Gasteiger charge is -2.26. The van der Waals surface area contributed by atoms with Crippen LogP contribution in [0.4, 0.5) is 0 Å². The van der Waals surface area contributed by atoms with E-state index in [9.17, 15) is 4.79 Å². The monoisotopic (exact) mass is 326 g/mol. The van der Waals surface area contributed by atoms with Crippen molar-refractivity contribution < 1.29 is 13.9 Å². The number of benzene rings is 1. The second-order valence-corrected chi connectivity index (χ2v) is 6.66. The predicted molar refractivity (Wildman–Crippen MR) is 89.3 cm³/mol. The van der Waals surface area contributed by atoms with Crippen LogP contribution < -0.4 is 4.74 Å². The molecule has 2 aliphatic rings. The summed E-state index contributed by atoms with van der Waals surface area (Å²) < 4.78 is 11.3. The fourth-order valence-electron chi connectivity index (χ4n) is 3.46. The van der Waals surface area contributed by atoms with Crippen molar-refractivity contribution in [2.24, 2.45) is 0 Å². The summed E-state index contributed by atoms with van der Waals surface area (Å²) in [5, 5.41) is 0. The maximum atomic E-state index is 12.9. The summed E-state index contributed by atoms with van der Waals surface area (Å²) in [5.74, 6) is 3.10. The molecule has 1 amide bonds. The Labute approximate surface area is 141 Å². The molecule has 126 valence electrons. The van der Waals surface area contributed by atoms with Crippen molar-refractivity contribution in [1.29, 1.82) is 0 Å². The van der Waals surface area contributed by atoms with Crippen LogP contribution in [0.3, 0.4) is 0 Å². The fourth-order valence-corrected chi connectivity index (χ4v) is 3.46. The lowest BCUT2D eigenvalue weighted by atomic mass is 9.85. The van der Waals surface area contributed by atoms with Crippen LogP contribution >= 0.6 is 0 Å². The Morgan fingerprint density at radius 1 is 1.38 bits per heavy atom. The third kappa shape index (κ3) is 2.48. The molecule has 1 aliphatic heterocycles. The van der Waals surface area contributed by atoms with Gasteiger partial charge in [0, 0.05) is 30.0 Å². The summed E-state index contributed by atoms with van der Waals surface area (Å²) in [6, 6.07) is 5.60. The number of fused-ring (bicyclic) bond motifs is 1. The van der Waals surface area contributed by atoms with Gasteiger partial charge in [0.1, 0.15) is 17.2 Å². The molecule has 1 aromatic heterocycles. The van der Waals surface area contributed by atoms with Crippen LogP contribution in [0.25, 0.3) is 0 Å². The Kier molecular flexibility index (Phi) is 3.79. The van der Waals surface area contributed by atoms with Crippen LogP contribution in [0.15, 0.2) is 22.6 Å². The number of nitrogens with zero attached hydrogens (tertiary/aromatic N) is 2. The maximum Gasteiger partial charge on any atom is 0.254 e. The highest BCUT2D eigenvalue weighted by Crippen LogP contribution is 2.37. The highest BCUT2D eigenvalue weighted by Gasteiger charge is 2.30. The van der Waals surface area contributed by atoms with Crippen LogP contribution in [-0.4, -0.2) is 29.4 Å². The molecule has 5 heteroatoms. The fraction of sp³-hybridized carbons (Fsp3) is 0.474. The van der Waals surface area contributed by atoms with Gasteiger partial charge in [-0.2, -0.15) is 0 Å². The van der Waals surface area contributed by atoms with E-state index >= 15 is 0 Å². The van der Waals surface area contributed by atoms with Crippen molar-refractivity contribution in [1.82, 2.24) is 9.88 Å². The smallest absolute Gasteiger partial charge is 0.254 e. The first kappa shape index (κ1) is 15.2. The van der Waals surface area contributed by atoms with Crippen LogP contribution in [0.1, 0.15) is 58.4 Å². The summed E-state index contributed by atoms with van der Waals surface area (Å²) in [4.78, 5) is 19.4. The summed E-state index contributed by atoms with van der Waals surface area (Å²) >= 11 is 0. The minimum absolute atomic E-state index is 0.0326. The van der Waals surface area contributed by atoms with Crippen molar-refractivity contribution in [3.63, 3.8) is 0 Å². The molecule has 1 aromatic carbocycles. The molecule has 1 fully saturated rings. The van der Waals surface area contributed by atoms with Gasteiger partial charge in [-0.15, -0.1) is 0 Å². The van der Waals surface area contributed by atoms with E-state index in [1.807, 2.05) is 30.0 Å². The van der Waals surface area contributed by atoms with E-state index < -0.39 is 0 Å². The number of hydrogen-bond acceptors (Lipinski definition) is 4. The molecule has 0 unspecified atom stereocenters. The zero-order valence-corrected chi connectivity index (χ0v) is 14.2. The molecule has 1 aliphatic carbocycles. The molecule has 0 spiro atoms. The van der Waals surface area contributed by atoms with Crippen molar-refractivity contribution in [3.05, 3.63) is 46.7 Å². The molecule has 0 saturated heterocycles. The Hall–Kier alpha value is -2.30. The molecule has 2 heterocycles. The molecule has 0 N–H and O–H groups in total. The van der Waals surface area contributed by atoms with Gasteiger partial charge in [-0.25, -0.2) is 4.98 Å². The quantitative estimate of drug-likeness (QED) is 0.867. The average molecular weight is 326 g/mol. The lowest BCUT2D eigenvalue weighted by molar-refractivity contribution is 0.0726. The van der Waals surface area contributed by atoms with E-state index in [0.29, 0.717) is 24.6 Å². The minimum atomic E-state index is 0.0326. The minimum Gasteiger partial charge on any atom is -0.496 e. The van der Waals surface area contributed by atoms with Gasteiger partial charge < -0.3 is 14.1 Å². The van der Waals surface area contributed by atoms with E-state index in [1.165, 1.54) is 19.3 Å². The molecule has 4 rings (SSSR count). The van der Waals surface area contributed by atoms with Crippen LogP contribution in [0.2, 0.25) is 0 Å². The summed E-state index contributed by atoms with van der Waals surface area (Å²) in [6.07, 6.45) is 4.34. The third-order valence-corrected chi connectivity index (χ3v) is 5.22. The lowest BCUT2D eigenvalue weighted by Crippen LogP contribution is -2.36. The van der Waals surface area contributed by atoms with Crippen molar-refractivity contribution in [3.8, 4) is 5.75 Å². The summed E-state index contributed by atoms with van der Waals surface area (Å²) in [6.45, 7) is 3.12. The first-order chi connectivity index (χ1) is 11.7. The van der Waals surface area contributed by atoms with Gasteiger partial charge in [0.25, 0.3) is 5.91 Å². The van der Waals surface area contributed by atoms with Gasteiger partial charge in [0.15, 0.2) is 5.89 Å². The number of ether oxygens (including phenoxy) is 1. The first-order valence-corrected chi connectivity index (χ1v) is 8.58. The molecule has 5 nitrogen and oxygen atoms in total. The summed E-state index contributed by atoms with van der Waals surface area (Å²) in [5.41, 5.74) is 2.50. The van der Waals surface area contributed by atoms with Gasteiger partial charge in [0.2, 0.25) is 0 Å². The van der Waals surface area contributed by atoms with E-state index in [-0.39, 0.29) is 5.91 Å². The van der Waals surface area contributed by atoms with Gasteiger partial charge >= 0.3 is 0 Å². The number of hydrogen-bond donors (Lipinski definition) is 0. The molecule has 1 saturated carbocycles. The SMILES string of the molecule is COc1cccc(C(=O)N2CCc3oc(C4CCC4)nc3C2)c1C. The largest absolute Gasteiger partial charge is 0.496 e. The first-order valence-electron chi connectivity index (χ1n) is 8.58. The molecule has 0 bridgehead atoms. The molecular formula is C19H22N2O3. The number of methoxy groups -OCH3 is 1. The van der Waals surface area contributed by atoms with Crippen LogP contribution in [0, 0.1) is 6.92 Å². The molecule has 0 atom stereocenters. The number of aromatic nitrogens is 1. The molecule has 2 aromatic rings. The van der Waals surface area contributed by atoms with Crippen molar-refractivity contribution in [2.45, 2.75) is 45.1 Å². The maximum absolute atomic E-state index is 12.9. The van der Waals surface area contributed by atoms with E-state index in [2.05, 4.69) is 4.98 Å². The van der Waals surface area contributed by atoms with Gasteiger partial charge in [-0.1, -0.05) is 12.5 Å². The van der Waals surface area contributed by atoms with Crippen LogP contribution in [0.5, 0.6) is 5.75 Å². The Morgan fingerprint density at radius 3 is 2.92 bits per heavy atom. The second kappa shape index (κ2) is 5.96. The van der Waals surface area contributed by atoms with Crippen LogP contribution in [-0.2, 0) is 13.0 Å². The van der Waals surface area contributed by atoms with Gasteiger partial charge in [0.05, 0.1) is 13.7 Å². The van der Waals surface area contributed by atoms with Crippen molar-refractivity contribution >= 4 is 5.91 Å². The Bertz CT molecular complexity index is 777. The average Bonchev–Trinajstić information content (AvgIpc) is 2.95. The number of carbonyl (C=O) groups is 1. The number of amides is 1. The zero-order valence-electron chi connectivity index (χ0n) is 14.2. The van der Waals surface area contributed by atoms with Crippen molar-refractivity contribution in [2.75, 3.05) is 13.7 Å². The Morgan fingerprint density at radius 2 is 2.21 bits per heavy atom. The predicted octanol–water partition coefficient (Wildman–Crippen LogP) is 3.46. The van der Waals surface area contributed by atoms with Gasteiger partial charge in [-0.3, -0.25) is 4.79 Å². The topological polar surface area (TPSA) is 55.6 Å². The Balaban J connectivity index is 1.56. The zero-order chi connectivity index (χ0) is 16.7. The highest BCUT2D eigenvalue weighted by atomic mass is 16.5. The summed E-state index contributed by atoms with van der Waals surface area (Å²) in [7, 11) is 1.63.